The van der Waals surface area contributed by atoms with E-state index in [1.807, 2.05) is 0 Å². The standard InChI is InChI=1S/C6H11Si/c1-5(2)4-6(3)7/h4,6H,1-3H3. The fraction of sp³-hybridized carbons (Fsp3) is 0.667. The van der Waals surface area contributed by atoms with Crippen LogP contribution in [-0.4, -0.2) is 10.2 Å². The number of hydrogen-bond donors (Lipinski definition) is 0. The van der Waals surface area contributed by atoms with E-state index in [0.717, 1.165) is 0 Å². The summed E-state index contributed by atoms with van der Waals surface area (Å²) in [5, 5.41) is 0. The number of allylic oxidation sites excluding steroid dienone is 2. The molecule has 1 atom stereocenters. The van der Waals surface area contributed by atoms with Crippen molar-refractivity contribution in [2.45, 2.75) is 26.3 Å². The van der Waals surface area contributed by atoms with Crippen LogP contribution in [0.25, 0.3) is 0 Å². The Kier molecular flexibility index (Phi) is 3.01. The summed E-state index contributed by atoms with van der Waals surface area (Å²) in [7, 11) is 3.44. The van der Waals surface area contributed by atoms with Gasteiger partial charge in [-0.1, -0.05) is 18.6 Å². The van der Waals surface area contributed by atoms with E-state index in [-0.39, 0.29) is 0 Å². The molecular weight excluding hydrogens is 100 g/mol. The first-order chi connectivity index (χ1) is 3.13. The molecule has 0 saturated carbocycles. The number of rotatable bonds is 1. The van der Waals surface area contributed by atoms with Crippen molar-refractivity contribution in [3.8, 4) is 0 Å². The monoisotopic (exact) mass is 111 g/mol. The van der Waals surface area contributed by atoms with Gasteiger partial charge in [-0.3, -0.25) is 0 Å². The lowest BCUT2D eigenvalue weighted by Gasteiger charge is -1.92. The van der Waals surface area contributed by atoms with Gasteiger partial charge in [0, 0.05) is 10.2 Å². The lowest BCUT2D eigenvalue weighted by molar-refractivity contribution is 1.16. The van der Waals surface area contributed by atoms with Crippen molar-refractivity contribution in [3.05, 3.63) is 11.6 Å². The quantitative estimate of drug-likeness (QED) is 0.358. The molecule has 7 heavy (non-hydrogen) atoms. The molecule has 0 rings (SSSR count). The Morgan fingerprint density at radius 1 is 1.57 bits per heavy atom. The molecule has 0 aliphatic rings. The minimum atomic E-state index is 0.519. The van der Waals surface area contributed by atoms with Crippen molar-refractivity contribution in [2.75, 3.05) is 0 Å². The van der Waals surface area contributed by atoms with E-state index in [1.54, 1.807) is 0 Å². The second-order valence-corrected chi connectivity index (χ2v) is 2.94. The zero-order chi connectivity index (χ0) is 5.86. The third kappa shape index (κ3) is 5.96. The molecule has 0 nitrogen and oxygen atoms in total. The molecule has 0 N–H and O–H groups in total. The molecular formula is C6H11Si. The average molecular weight is 111 g/mol. The van der Waals surface area contributed by atoms with Crippen LogP contribution in [0.4, 0.5) is 0 Å². The van der Waals surface area contributed by atoms with Crippen LogP contribution in [-0.2, 0) is 0 Å². The van der Waals surface area contributed by atoms with Crippen molar-refractivity contribution in [2.24, 2.45) is 0 Å². The van der Waals surface area contributed by atoms with E-state index in [1.165, 1.54) is 5.57 Å². The van der Waals surface area contributed by atoms with E-state index in [4.69, 9.17) is 0 Å². The van der Waals surface area contributed by atoms with E-state index >= 15 is 0 Å². The normalized spacial score (nSPS) is 13.1. The first kappa shape index (κ1) is 6.96. The van der Waals surface area contributed by atoms with Gasteiger partial charge in [-0.05, 0) is 19.4 Å². The first-order valence-electron chi connectivity index (χ1n) is 2.49. The molecule has 0 aromatic rings. The van der Waals surface area contributed by atoms with Gasteiger partial charge >= 0.3 is 0 Å². The Labute approximate surface area is 49.0 Å². The highest BCUT2D eigenvalue weighted by molar-refractivity contribution is 6.12. The van der Waals surface area contributed by atoms with Crippen molar-refractivity contribution in [3.63, 3.8) is 0 Å². The fourth-order valence-corrected chi connectivity index (χ4v) is 0.833. The number of hydrogen-bond acceptors (Lipinski definition) is 0. The molecule has 0 spiro atoms. The molecule has 3 radical (unpaired) electrons. The maximum absolute atomic E-state index is 3.44. The highest BCUT2D eigenvalue weighted by atomic mass is 28.1. The Balaban J connectivity index is 3.45. The van der Waals surface area contributed by atoms with Gasteiger partial charge in [0.25, 0.3) is 0 Å². The topological polar surface area (TPSA) is 0 Å². The summed E-state index contributed by atoms with van der Waals surface area (Å²) < 4.78 is 0. The maximum atomic E-state index is 3.44. The van der Waals surface area contributed by atoms with E-state index in [2.05, 4.69) is 37.1 Å². The summed E-state index contributed by atoms with van der Waals surface area (Å²) in [6.45, 7) is 6.29. The molecule has 0 heterocycles. The Morgan fingerprint density at radius 2 is 2.00 bits per heavy atom. The molecule has 0 aliphatic carbocycles. The zero-order valence-electron chi connectivity index (χ0n) is 5.15. The maximum Gasteiger partial charge on any atom is 0.0319 e. The van der Waals surface area contributed by atoms with Crippen LogP contribution in [0.2, 0.25) is 5.54 Å². The summed E-state index contributed by atoms with van der Waals surface area (Å²) in [5.74, 6) is 0. The third-order valence-electron chi connectivity index (χ3n) is 0.583. The van der Waals surface area contributed by atoms with Crippen molar-refractivity contribution < 1.29 is 0 Å². The van der Waals surface area contributed by atoms with Gasteiger partial charge in [-0.25, -0.2) is 0 Å². The molecule has 0 aliphatic heterocycles. The first-order valence-corrected chi connectivity index (χ1v) is 3.07. The second kappa shape index (κ2) is 3.02. The summed E-state index contributed by atoms with van der Waals surface area (Å²) in [6, 6.07) is 0. The van der Waals surface area contributed by atoms with E-state index in [9.17, 15) is 0 Å². The minimum Gasteiger partial charge on any atom is -0.0865 e. The van der Waals surface area contributed by atoms with Gasteiger partial charge in [-0.15, -0.1) is 0 Å². The van der Waals surface area contributed by atoms with Crippen molar-refractivity contribution >= 4 is 10.2 Å². The lowest BCUT2D eigenvalue weighted by atomic mass is 10.3. The Morgan fingerprint density at radius 3 is 2.00 bits per heavy atom. The molecule has 39 valence electrons. The van der Waals surface area contributed by atoms with Crippen LogP contribution in [0.5, 0.6) is 0 Å². The Hall–Kier alpha value is -0.0431. The third-order valence-corrected chi connectivity index (χ3v) is 0.750. The summed E-state index contributed by atoms with van der Waals surface area (Å²) in [5.41, 5.74) is 1.88. The molecule has 1 heteroatoms. The van der Waals surface area contributed by atoms with Gasteiger partial charge in [0.1, 0.15) is 0 Å². The van der Waals surface area contributed by atoms with Crippen LogP contribution in [0, 0.1) is 0 Å². The molecule has 1 unspecified atom stereocenters. The van der Waals surface area contributed by atoms with Crippen LogP contribution in [0.3, 0.4) is 0 Å². The summed E-state index contributed by atoms with van der Waals surface area (Å²) >= 11 is 0. The van der Waals surface area contributed by atoms with Gasteiger partial charge < -0.3 is 0 Å². The molecule has 0 amide bonds. The van der Waals surface area contributed by atoms with Crippen LogP contribution < -0.4 is 0 Å². The SMILES string of the molecule is CC(C)=CC(C)[Si]. The molecule has 0 saturated heterocycles. The highest BCUT2D eigenvalue weighted by Gasteiger charge is 1.82. The largest absolute Gasteiger partial charge is 0.0865 e. The van der Waals surface area contributed by atoms with Gasteiger partial charge in [0.15, 0.2) is 0 Å². The van der Waals surface area contributed by atoms with Crippen molar-refractivity contribution in [1.82, 2.24) is 0 Å². The molecule has 0 aromatic heterocycles. The average Bonchev–Trinajstić information content (AvgIpc) is 1.27. The summed E-state index contributed by atoms with van der Waals surface area (Å²) in [6.07, 6.45) is 2.16. The van der Waals surface area contributed by atoms with Gasteiger partial charge in [0.2, 0.25) is 0 Å². The van der Waals surface area contributed by atoms with E-state index in [0.29, 0.717) is 5.54 Å². The fourth-order valence-electron chi connectivity index (χ4n) is 0.500. The molecule has 0 fully saturated rings. The van der Waals surface area contributed by atoms with Crippen LogP contribution in [0.1, 0.15) is 20.8 Å². The Bertz CT molecular complexity index is 68.2. The molecule has 0 aromatic carbocycles. The minimum absolute atomic E-state index is 0.519. The summed E-state index contributed by atoms with van der Waals surface area (Å²) in [4.78, 5) is 0. The highest BCUT2D eigenvalue weighted by Crippen LogP contribution is 2.01. The van der Waals surface area contributed by atoms with Gasteiger partial charge in [0.05, 0.1) is 0 Å². The predicted octanol–water partition coefficient (Wildman–Crippen LogP) is 1.93. The lowest BCUT2D eigenvalue weighted by Crippen LogP contribution is -1.77. The zero-order valence-corrected chi connectivity index (χ0v) is 6.15. The van der Waals surface area contributed by atoms with Crippen molar-refractivity contribution in [1.29, 1.82) is 0 Å². The molecule has 0 bridgehead atoms. The van der Waals surface area contributed by atoms with Crippen LogP contribution >= 0.6 is 0 Å². The smallest absolute Gasteiger partial charge is 0.0319 e. The second-order valence-electron chi connectivity index (χ2n) is 2.03. The van der Waals surface area contributed by atoms with Crippen LogP contribution in [0.15, 0.2) is 11.6 Å². The predicted molar refractivity (Wildman–Crippen MR) is 34.6 cm³/mol. The van der Waals surface area contributed by atoms with Gasteiger partial charge in [-0.2, -0.15) is 0 Å². The van der Waals surface area contributed by atoms with E-state index < -0.39 is 0 Å².